The van der Waals surface area contributed by atoms with Gasteiger partial charge in [-0.3, -0.25) is 4.79 Å². The Morgan fingerprint density at radius 2 is 1.67 bits per heavy atom. The first kappa shape index (κ1) is 15.9. The summed E-state index contributed by atoms with van der Waals surface area (Å²) in [6.45, 7) is 3.97. The van der Waals surface area contributed by atoms with Crippen molar-refractivity contribution in [2.45, 2.75) is 26.3 Å². The second-order valence-electron chi connectivity index (χ2n) is 5.70. The van der Waals surface area contributed by atoms with Gasteiger partial charge in [0, 0.05) is 11.7 Å². The minimum atomic E-state index is -0.0520. The molecule has 0 saturated heterocycles. The summed E-state index contributed by atoms with van der Waals surface area (Å²) < 4.78 is 0. The maximum atomic E-state index is 12.7. The molecule has 0 unspecified atom stereocenters. The Morgan fingerprint density at radius 1 is 1.04 bits per heavy atom. The summed E-state index contributed by atoms with van der Waals surface area (Å²) in [7, 11) is 0. The van der Waals surface area contributed by atoms with Crippen molar-refractivity contribution in [2.75, 3.05) is 4.90 Å². The molecule has 122 valence electrons. The van der Waals surface area contributed by atoms with Crippen LogP contribution in [0.25, 0.3) is 5.69 Å². The smallest absolute Gasteiger partial charge is 0.235 e. The summed E-state index contributed by atoms with van der Waals surface area (Å²) in [5.74, 6) is 0.356. The minimum Gasteiger partial charge on any atom is -0.310 e. The molecule has 24 heavy (non-hydrogen) atoms. The second-order valence-corrected chi connectivity index (χ2v) is 5.70. The van der Waals surface area contributed by atoms with Gasteiger partial charge in [0.2, 0.25) is 5.91 Å². The van der Waals surface area contributed by atoms with Crippen LogP contribution in [-0.2, 0) is 11.2 Å². The summed E-state index contributed by atoms with van der Waals surface area (Å²) in [4.78, 5) is 15.9. The molecule has 0 aliphatic carbocycles. The van der Waals surface area contributed by atoms with E-state index < -0.39 is 0 Å². The molecule has 6 nitrogen and oxygen atoms in total. The van der Waals surface area contributed by atoms with E-state index in [0.29, 0.717) is 5.82 Å². The van der Waals surface area contributed by atoms with Crippen LogP contribution in [0.3, 0.4) is 0 Å². The minimum absolute atomic E-state index is 0.0454. The Bertz CT molecular complexity index is 799. The quantitative estimate of drug-likeness (QED) is 0.725. The average Bonchev–Trinajstić information content (AvgIpc) is 3.05. The predicted octanol–water partition coefficient (Wildman–Crippen LogP) is 2.65. The Morgan fingerprint density at radius 3 is 2.29 bits per heavy atom. The maximum absolute atomic E-state index is 12.7. The van der Waals surface area contributed by atoms with Crippen LogP contribution in [0.1, 0.15) is 19.7 Å². The van der Waals surface area contributed by atoms with Gasteiger partial charge in [0.1, 0.15) is 0 Å². The molecular weight excluding hydrogens is 302 g/mol. The van der Waals surface area contributed by atoms with E-state index in [1.807, 2.05) is 74.5 Å². The van der Waals surface area contributed by atoms with Crippen molar-refractivity contribution >= 4 is 11.6 Å². The molecule has 0 bridgehead atoms. The highest BCUT2D eigenvalue weighted by atomic mass is 16.2. The first-order chi connectivity index (χ1) is 11.6. The molecule has 0 atom stereocenters. The third kappa shape index (κ3) is 3.48. The number of rotatable bonds is 5. The van der Waals surface area contributed by atoms with Gasteiger partial charge in [0.15, 0.2) is 5.82 Å². The van der Waals surface area contributed by atoms with E-state index in [9.17, 15) is 4.79 Å². The van der Waals surface area contributed by atoms with E-state index in [-0.39, 0.29) is 18.4 Å². The van der Waals surface area contributed by atoms with E-state index in [4.69, 9.17) is 0 Å². The van der Waals surface area contributed by atoms with Gasteiger partial charge in [-0.15, -0.1) is 15.0 Å². The normalized spacial score (nSPS) is 10.8. The van der Waals surface area contributed by atoms with Crippen molar-refractivity contribution < 1.29 is 4.79 Å². The van der Waals surface area contributed by atoms with Gasteiger partial charge in [-0.05, 0) is 43.3 Å². The fourth-order valence-corrected chi connectivity index (χ4v) is 2.52. The average molecular weight is 321 g/mol. The van der Waals surface area contributed by atoms with Crippen LogP contribution < -0.4 is 4.90 Å². The zero-order valence-electron chi connectivity index (χ0n) is 13.7. The maximum Gasteiger partial charge on any atom is 0.235 e. The molecule has 0 saturated carbocycles. The lowest BCUT2D eigenvalue weighted by molar-refractivity contribution is -0.118. The van der Waals surface area contributed by atoms with Crippen molar-refractivity contribution in [3.8, 4) is 5.69 Å². The van der Waals surface area contributed by atoms with E-state index in [0.717, 1.165) is 11.4 Å². The molecule has 0 fully saturated rings. The molecule has 6 heteroatoms. The number of carbonyl (C=O) groups is 1. The number of amides is 1. The van der Waals surface area contributed by atoms with Gasteiger partial charge < -0.3 is 4.90 Å². The van der Waals surface area contributed by atoms with Crippen LogP contribution in [0.5, 0.6) is 0 Å². The number of carbonyl (C=O) groups excluding carboxylic acids is 1. The van der Waals surface area contributed by atoms with Gasteiger partial charge in [-0.25, -0.2) is 0 Å². The van der Waals surface area contributed by atoms with Crippen molar-refractivity contribution in [1.82, 2.24) is 20.2 Å². The number of para-hydroxylation sites is 2. The predicted molar refractivity (Wildman–Crippen MR) is 91.9 cm³/mol. The number of hydrogen-bond donors (Lipinski definition) is 0. The Hall–Kier alpha value is -3.02. The van der Waals surface area contributed by atoms with Gasteiger partial charge in [-0.1, -0.05) is 36.4 Å². The molecular formula is C18H19N5O. The molecule has 0 spiro atoms. The van der Waals surface area contributed by atoms with Crippen molar-refractivity contribution in [2.24, 2.45) is 0 Å². The summed E-state index contributed by atoms with van der Waals surface area (Å²) in [5.41, 5.74) is 1.68. The molecule has 3 aromatic rings. The topological polar surface area (TPSA) is 63.9 Å². The molecule has 2 aromatic carbocycles. The van der Waals surface area contributed by atoms with Crippen molar-refractivity contribution in [1.29, 1.82) is 0 Å². The van der Waals surface area contributed by atoms with Crippen molar-refractivity contribution in [3.63, 3.8) is 0 Å². The third-order valence-corrected chi connectivity index (χ3v) is 3.57. The van der Waals surface area contributed by atoms with E-state index in [1.54, 1.807) is 4.90 Å². The van der Waals surface area contributed by atoms with E-state index in [1.165, 1.54) is 4.80 Å². The first-order valence-corrected chi connectivity index (χ1v) is 7.86. The monoisotopic (exact) mass is 321 g/mol. The van der Waals surface area contributed by atoms with Crippen LogP contribution in [0.4, 0.5) is 5.69 Å². The molecule has 3 rings (SSSR count). The highest BCUT2D eigenvalue weighted by Crippen LogP contribution is 2.17. The van der Waals surface area contributed by atoms with Crippen LogP contribution in [0.2, 0.25) is 0 Å². The highest BCUT2D eigenvalue weighted by molar-refractivity contribution is 5.94. The summed E-state index contributed by atoms with van der Waals surface area (Å²) in [5, 5.41) is 12.3. The fourth-order valence-electron chi connectivity index (χ4n) is 2.52. The molecule has 0 radical (unpaired) electrons. The summed E-state index contributed by atoms with van der Waals surface area (Å²) in [6, 6.07) is 19.2. The van der Waals surface area contributed by atoms with Gasteiger partial charge in [0.05, 0.1) is 12.1 Å². The van der Waals surface area contributed by atoms with Gasteiger partial charge in [0.25, 0.3) is 0 Å². The molecule has 1 heterocycles. The molecule has 1 amide bonds. The summed E-state index contributed by atoms with van der Waals surface area (Å²) >= 11 is 0. The zero-order valence-corrected chi connectivity index (χ0v) is 13.7. The number of tetrazole rings is 1. The summed E-state index contributed by atoms with van der Waals surface area (Å²) in [6.07, 6.45) is 0.111. The first-order valence-electron chi connectivity index (χ1n) is 7.86. The number of aromatic nitrogens is 4. The number of benzene rings is 2. The Labute approximate surface area is 140 Å². The van der Waals surface area contributed by atoms with Crippen LogP contribution in [-0.4, -0.2) is 32.2 Å². The fraction of sp³-hybridized carbons (Fsp3) is 0.222. The van der Waals surface area contributed by atoms with E-state index in [2.05, 4.69) is 15.4 Å². The SMILES string of the molecule is CC(C)N(C(=O)Cc1nnn(-c2ccccc2)n1)c1ccccc1. The number of hydrogen-bond acceptors (Lipinski definition) is 4. The van der Waals surface area contributed by atoms with Crippen molar-refractivity contribution in [3.05, 3.63) is 66.5 Å². The lowest BCUT2D eigenvalue weighted by Crippen LogP contribution is -2.38. The largest absolute Gasteiger partial charge is 0.310 e. The van der Waals surface area contributed by atoms with Gasteiger partial charge >= 0.3 is 0 Å². The molecule has 1 aromatic heterocycles. The van der Waals surface area contributed by atoms with Gasteiger partial charge in [-0.2, -0.15) is 0 Å². The Kier molecular flexibility index (Phi) is 4.65. The van der Waals surface area contributed by atoms with Crippen LogP contribution in [0.15, 0.2) is 60.7 Å². The number of nitrogens with zero attached hydrogens (tertiary/aromatic N) is 5. The highest BCUT2D eigenvalue weighted by Gasteiger charge is 2.21. The molecule has 0 aliphatic rings. The number of anilines is 1. The van der Waals surface area contributed by atoms with E-state index >= 15 is 0 Å². The standard InChI is InChI=1S/C18H19N5O/c1-14(2)22(15-9-5-3-6-10-15)18(24)13-17-19-21-23(20-17)16-11-7-4-8-12-16/h3-12,14H,13H2,1-2H3. The molecule has 0 N–H and O–H groups in total. The zero-order chi connectivity index (χ0) is 16.9. The lowest BCUT2D eigenvalue weighted by Gasteiger charge is -2.26. The Balaban J connectivity index is 1.78. The lowest BCUT2D eigenvalue weighted by atomic mass is 10.2. The van der Waals surface area contributed by atoms with Crippen LogP contribution >= 0.6 is 0 Å². The van der Waals surface area contributed by atoms with Crippen LogP contribution in [0, 0.1) is 0 Å². The third-order valence-electron chi connectivity index (χ3n) is 3.57. The second kappa shape index (κ2) is 7.04. The molecule has 0 aliphatic heterocycles.